The van der Waals surface area contributed by atoms with Gasteiger partial charge in [-0.15, -0.1) is 0 Å². The highest BCUT2D eigenvalue weighted by Gasteiger charge is 2.71. The molecule has 13 atom stereocenters. The van der Waals surface area contributed by atoms with Gasteiger partial charge in [-0.3, -0.25) is 19.2 Å². The van der Waals surface area contributed by atoms with Gasteiger partial charge in [0, 0.05) is 17.8 Å². The number of hydrogen-bond donors (Lipinski definition) is 0. The van der Waals surface area contributed by atoms with Crippen molar-refractivity contribution >= 4 is 23.9 Å². The molecule has 0 aromatic rings. The van der Waals surface area contributed by atoms with Crippen LogP contribution in [0, 0.1) is 70.0 Å². The van der Waals surface area contributed by atoms with E-state index < -0.39 is 66.1 Å². The molecule has 1 aliphatic heterocycles. The molecule has 13 unspecified atom stereocenters. The zero-order valence-corrected chi connectivity index (χ0v) is 29.4. The summed E-state index contributed by atoms with van der Waals surface area (Å²) in [5, 5.41) is 0. The first kappa shape index (κ1) is 35.5. The van der Waals surface area contributed by atoms with Crippen molar-refractivity contribution in [3.05, 3.63) is 0 Å². The molecule has 0 spiro atoms. The highest BCUT2D eigenvalue weighted by molar-refractivity contribution is 5.86. The van der Waals surface area contributed by atoms with Gasteiger partial charge in [-0.05, 0) is 115 Å². The van der Waals surface area contributed by atoms with Crippen LogP contribution in [0.15, 0.2) is 0 Å². The van der Waals surface area contributed by atoms with E-state index in [1.807, 2.05) is 20.8 Å². The summed E-state index contributed by atoms with van der Waals surface area (Å²) < 4.78 is 58.5. The molecule has 0 aromatic carbocycles. The molecular formula is C37H53F3O8. The molecule has 11 heteroatoms. The first-order valence-electron chi connectivity index (χ1n) is 18.3. The van der Waals surface area contributed by atoms with E-state index in [1.165, 1.54) is 25.7 Å². The first-order chi connectivity index (χ1) is 22.4. The van der Waals surface area contributed by atoms with Crippen LogP contribution in [-0.2, 0) is 38.1 Å². The third kappa shape index (κ3) is 5.74. The van der Waals surface area contributed by atoms with Crippen molar-refractivity contribution in [3.63, 3.8) is 0 Å². The van der Waals surface area contributed by atoms with E-state index in [4.69, 9.17) is 14.2 Å². The van der Waals surface area contributed by atoms with Gasteiger partial charge in [0.05, 0.1) is 22.7 Å². The van der Waals surface area contributed by atoms with Crippen LogP contribution in [-0.4, -0.2) is 54.5 Å². The second-order valence-corrected chi connectivity index (χ2v) is 17.2. The number of carbonyl (C=O) groups is 4. The lowest BCUT2D eigenvalue weighted by atomic mass is 9.65. The van der Waals surface area contributed by atoms with Crippen LogP contribution in [0.3, 0.4) is 0 Å². The van der Waals surface area contributed by atoms with Gasteiger partial charge in [0.25, 0.3) is 0 Å². The summed E-state index contributed by atoms with van der Waals surface area (Å²) in [6.07, 6.45) is 3.58. The van der Waals surface area contributed by atoms with Crippen LogP contribution in [0.2, 0.25) is 0 Å². The molecule has 270 valence electrons. The quantitative estimate of drug-likeness (QED) is 0.145. The van der Waals surface area contributed by atoms with Crippen LogP contribution >= 0.6 is 0 Å². The smallest absolute Gasteiger partial charge is 0.422 e. The number of ether oxygens (including phenoxy) is 4. The number of halogens is 3. The summed E-state index contributed by atoms with van der Waals surface area (Å²) in [7, 11) is 0. The van der Waals surface area contributed by atoms with Crippen LogP contribution < -0.4 is 0 Å². The average molecular weight is 683 g/mol. The fourth-order valence-corrected chi connectivity index (χ4v) is 10.9. The number of carbonyl (C=O) groups excluding carboxylic acids is 4. The van der Waals surface area contributed by atoms with Crippen LogP contribution in [0.1, 0.15) is 106 Å². The van der Waals surface area contributed by atoms with Gasteiger partial charge in [-0.1, -0.05) is 20.8 Å². The summed E-state index contributed by atoms with van der Waals surface area (Å²) in [6, 6.07) is 0. The molecule has 0 amide bonds. The monoisotopic (exact) mass is 682 g/mol. The van der Waals surface area contributed by atoms with Crippen LogP contribution in [0.5, 0.6) is 0 Å². The first-order valence-corrected chi connectivity index (χ1v) is 18.3. The largest absolute Gasteiger partial charge is 0.458 e. The van der Waals surface area contributed by atoms with Crippen molar-refractivity contribution in [2.45, 2.75) is 130 Å². The number of alkyl halides is 3. The predicted molar refractivity (Wildman–Crippen MR) is 167 cm³/mol. The van der Waals surface area contributed by atoms with E-state index in [0.29, 0.717) is 18.8 Å². The zero-order chi connectivity index (χ0) is 35.1. The van der Waals surface area contributed by atoms with Gasteiger partial charge in [-0.2, -0.15) is 13.2 Å². The minimum atomic E-state index is -4.65. The van der Waals surface area contributed by atoms with Crippen molar-refractivity contribution in [3.8, 4) is 0 Å². The van der Waals surface area contributed by atoms with Crippen LogP contribution in [0.25, 0.3) is 0 Å². The molecule has 1 saturated heterocycles. The fraction of sp³-hybridized carbons (Fsp3) is 0.892. The zero-order valence-electron chi connectivity index (χ0n) is 29.4. The second kappa shape index (κ2) is 12.2. The van der Waals surface area contributed by atoms with Crippen molar-refractivity contribution < 1.29 is 51.3 Å². The molecule has 7 aliphatic rings. The Morgan fingerprint density at radius 2 is 1.48 bits per heavy atom. The lowest BCUT2D eigenvalue weighted by Gasteiger charge is -2.46. The molecule has 1 heterocycles. The van der Waals surface area contributed by atoms with E-state index in [9.17, 15) is 32.3 Å². The minimum Gasteiger partial charge on any atom is -0.458 e. The van der Waals surface area contributed by atoms with Crippen molar-refractivity contribution in [2.24, 2.45) is 70.0 Å². The van der Waals surface area contributed by atoms with Gasteiger partial charge >= 0.3 is 30.1 Å². The number of fused-ring (bicyclic) bond motifs is 10. The van der Waals surface area contributed by atoms with E-state index in [1.54, 1.807) is 13.8 Å². The molecule has 6 aliphatic carbocycles. The molecule has 0 N–H and O–H groups in total. The van der Waals surface area contributed by atoms with E-state index in [-0.39, 0.29) is 22.9 Å². The summed E-state index contributed by atoms with van der Waals surface area (Å²) in [5.74, 6) is 0.393. The standard InChI is InChI=1S/C20H32O2.C17H21F3O6/c1-5-19(3,4)18(21)22-20(6-2)11-14-10-15(20)17-13-8-7-12(9-13)16(14)17;1-4-16(2,3)15(23)26-12-7-5-8-10(14(22)25-11(8)12)9(7)13(21)24-6-17(18,19)20/h12-17H,5-11H2,1-4H3;7-12H,4-6H2,1-3H3. The molecule has 7 rings (SSSR count). The van der Waals surface area contributed by atoms with Crippen LogP contribution in [0.4, 0.5) is 13.2 Å². The normalized spacial score (nSPS) is 41.5. The molecule has 8 nitrogen and oxygen atoms in total. The van der Waals surface area contributed by atoms with Gasteiger partial charge in [0.15, 0.2) is 6.61 Å². The number of hydrogen-bond acceptors (Lipinski definition) is 8. The van der Waals surface area contributed by atoms with Crippen molar-refractivity contribution in [1.82, 2.24) is 0 Å². The Morgan fingerprint density at radius 1 is 0.854 bits per heavy atom. The maximum atomic E-state index is 12.7. The van der Waals surface area contributed by atoms with E-state index in [2.05, 4.69) is 18.6 Å². The fourth-order valence-electron chi connectivity index (χ4n) is 10.9. The Labute approximate surface area is 281 Å². The van der Waals surface area contributed by atoms with Gasteiger partial charge in [0.1, 0.15) is 17.8 Å². The average Bonchev–Trinajstić information content (AvgIpc) is 3.88. The van der Waals surface area contributed by atoms with Gasteiger partial charge < -0.3 is 18.9 Å². The maximum absolute atomic E-state index is 12.7. The predicted octanol–water partition coefficient (Wildman–Crippen LogP) is 7.06. The molecule has 7 fully saturated rings. The third-order valence-electron chi connectivity index (χ3n) is 14.1. The minimum absolute atomic E-state index is 0.0455. The summed E-state index contributed by atoms with van der Waals surface area (Å²) in [5.41, 5.74) is -1.21. The third-order valence-corrected chi connectivity index (χ3v) is 14.1. The Bertz CT molecular complexity index is 1310. The highest BCUT2D eigenvalue weighted by Crippen LogP contribution is 2.71. The Morgan fingerprint density at radius 3 is 2.08 bits per heavy atom. The lowest BCUT2D eigenvalue weighted by Crippen LogP contribution is -2.49. The lowest BCUT2D eigenvalue weighted by molar-refractivity contribution is -0.193. The summed E-state index contributed by atoms with van der Waals surface area (Å²) in [6.45, 7) is 11.9. The summed E-state index contributed by atoms with van der Waals surface area (Å²) in [4.78, 5) is 49.4. The van der Waals surface area contributed by atoms with Crippen molar-refractivity contribution in [2.75, 3.05) is 6.61 Å². The molecule has 48 heavy (non-hydrogen) atoms. The number of rotatable bonds is 9. The Hall–Kier alpha value is -2.33. The molecule has 6 saturated carbocycles. The molecule has 0 aromatic heterocycles. The van der Waals surface area contributed by atoms with E-state index in [0.717, 1.165) is 48.9 Å². The van der Waals surface area contributed by atoms with E-state index >= 15 is 0 Å². The SMILES string of the molecule is CCC(C)(C)C(=O)OC1(CC)CC2CC1C1C3CCC(C3)C21.CCC(C)(C)C(=O)OC1C2CC3C1OC(=O)C3C2C(=O)OCC(F)(F)F. The van der Waals surface area contributed by atoms with Gasteiger partial charge in [0.2, 0.25) is 0 Å². The Balaban J connectivity index is 0.000000169. The van der Waals surface area contributed by atoms with Crippen molar-refractivity contribution in [1.29, 1.82) is 0 Å². The van der Waals surface area contributed by atoms with Gasteiger partial charge in [-0.25, -0.2) is 0 Å². The molecule has 0 radical (unpaired) electrons. The maximum Gasteiger partial charge on any atom is 0.422 e. The topological polar surface area (TPSA) is 105 Å². The number of esters is 4. The second-order valence-electron chi connectivity index (χ2n) is 17.2. The molecular weight excluding hydrogens is 629 g/mol. The molecule has 6 bridgehead atoms. The highest BCUT2D eigenvalue weighted by atomic mass is 19.4. The summed E-state index contributed by atoms with van der Waals surface area (Å²) >= 11 is 0. The Kier molecular flexibility index (Phi) is 9.00.